The maximum atomic E-state index is 6.23. The van der Waals surface area contributed by atoms with Crippen LogP contribution in [0.4, 0.5) is 5.82 Å². The number of aromatic nitrogens is 1. The summed E-state index contributed by atoms with van der Waals surface area (Å²) in [6.45, 7) is 13.7. The summed E-state index contributed by atoms with van der Waals surface area (Å²) in [7, 11) is 1.82. The highest BCUT2D eigenvalue weighted by Crippen LogP contribution is 2.39. The SMILES string of the molecule is CCC(OC)N(CC1(N2CCN(Cc3ccccc3)CC2)CCOC(C)(C)C1)c1ncccc1I. The average molecular weight is 593 g/mol. The second-order valence-corrected chi connectivity index (χ2v) is 11.7. The van der Waals surface area contributed by atoms with Crippen molar-refractivity contribution < 1.29 is 9.47 Å². The third-order valence-electron chi connectivity index (χ3n) is 7.55. The Kier molecular flexibility index (Phi) is 9.08. The van der Waals surface area contributed by atoms with Crippen molar-refractivity contribution in [2.75, 3.05) is 51.3 Å². The second-order valence-electron chi connectivity index (χ2n) is 10.5. The molecule has 2 aliphatic rings. The van der Waals surface area contributed by atoms with Crippen LogP contribution < -0.4 is 4.90 Å². The molecule has 2 unspecified atom stereocenters. The van der Waals surface area contributed by atoms with Gasteiger partial charge in [-0.3, -0.25) is 9.80 Å². The molecule has 0 bridgehead atoms. The molecule has 2 saturated heterocycles. The molecule has 0 aliphatic carbocycles. The molecule has 0 spiro atoms. The van der Waals surface area contributed by atoms with Crippen LogP contribution in [0.5, 0.6) is 0 Å². The van der Waals surface area contributed by atoms with Gasteiger partial charge in [-0.25, -0.2) is 4.98 Å². The van der Waals surface area contributed by atoms with Gasteiger partial charge < -0.3 is 14.4 Å². The summed E-state index contributed by atoms with van der Waals surface area (Å²) in [6, 6.07) is 15.0. The number of hydrogen-bond acceptors (Lipinski definition) is 6. The van der Waals surface area contributed by atoms with Crippen LogP contribution in [0.15, 0.2) is 48.7 Å². The van der Waals surface area contributed by atoms with Gasteiger partial charge in [0.1, 0.15) is 12.0 Å². The largest absolute Gasteiger partial charge is 0.375 e. The zero-order chi connectivity index (χ0) is 24.9. The van der Waals surface area contributed by atoms with E-state index in [0.717, 1.165) is 74.5 Å². The van der Waals surface area contributed by atoms with E-state index in [-0.39, 0.29) is 17.4 Å². The molecule has 2 fully saturated rings. The van der Waals surface area contributed by atoms with Crippen LogP contribution in [0.3, 0.4) is 0 Å². The van der Waals surface area contributed by atoms with Crippen molar-refractivity contribution in [1.29, 1.82) is 0 Å². The molecule has 35 heavy (non-hydrogen) atoms. The highest BCUT2D eigenvalue weighted by molar-refractivity contribution is 14.1. The molecule has 2 atom stereocenters. The summed E-state index contributed by atoms with van der Waals surface area (Å²) in [5.41, 5.74) is 1.24. The van der Waals surface area contributed by atoms with Crippen molar-refractivity contribution in [3.63, 3.8) is 0 Å². The molecule has 1 aromatic carbocycles. The van der Waals surface area contributed by atoms with Crippen LogP contribution in [0, 0.1) is 3.57 Å². The normalized spacial score (nSPS) is 24.3. The number of halogens is 1. The van der Waals surface area contributed by atoms with E-state index in [1.165, 1.54) is 5.56 Å². The molecule has 0 N–H and O–H groups in total. The first-order valence-corrected chi connectivity index (χ1v) is 14.0. The molecular formula is C28H41IN4O2. The lowest BCUT2D eigenvalue weighted by Crippen LogP contribution is -2.66. The zero-order valence-corrected chi connectivity index (χ0v) is 23.9. The Labute approximate surface area is 225 Å². The predicted molar refractivity (Wildman–Crippen MR) is 151 cm³/mol. The number of rotatable bonds is 9. The molecule has 1 aromatic heterocycles. The zero-order valence-electron chi connectivity index (χ0n) is 21.8. The first kappa shape index (κ1) is 26.8. The number of ether oxygens (including phenoxy) is 2. The Bertz CT molecular complexity index is 932. The molecule has 2 aromatic rings. The molecule has 3 heterocycles. The third-order valence-corrected chi connectivity index (χ3v) is 8.39. The maximum absolute atomic E-state index is 6.23. The van der Waals surface area contributed by atoms with Gasteiger partial charge in [0.25, 0.3) is 0 Å². The monoisotopic (exact) mass is 592 g/mol. The number of nitrogens with zero attached hydrogens (tertiary/aromatic N) is 4. The lowest BCUT2D eigenvalue weighted by Gasteiger charge is -2.55. The highest BCUT2D eigenvalue weighted by Gasteiger charge is 2.47. The molecule has 0 radical (unpaired) electrons. The second kappa shape index (κ2) is 11.9. The Morgan fingerprint density at radius 3 is 2.49 bits per heavy atom. The predicted octanol–water partition coefficient (Wildman–Crippen LogP) is 5.02. The van der Waals surface area contributed by atoms with Crippen LogP contribution in [-0.4, -0.2) is 78.6 Å². The molecule has 7 heteroatoms. The molecule has 6 nitrogen and oxygen atoms in total. The van der Waals surface area contributed by atoms with Gasteiger partial charge in [-0.2, -0.15) is 0 Å². The van der Waals surface area contributed by atoms with Gasteiger partial charge in [0, 0.05) is 64.7 Å². The molecule has 0 amide bonds. The maximum Gasteiger partial charge on any atom is 0.144 e. The Morgan fingerprint density at radius 1 is 1.11 bits per heavy atom. The van der Waals surface area contributed by atoms with E-state index < -0.39 is 0 Å². The van der Waals surface area contributed by atoms with Crippen LogP contribution >= 0.6 is 22.6 Å². The van der Waals surface area contributed by atoms with E-state index in [2.05, 4.69) is 94.5 Å². The van der Waals surface area contributed by atoms with E-state index in [1.807, 2.05) is 19.4 Å². The summed E-state index contributed by atoms with van der Waals surface area (Å²) >= 11 is 2.41. The summed E-state index contributed by atoms with van der Waals surface area (Å²) in [5.74, 6) is 1.02. The molecule has 192 valence electrons. The smallest absolute Gasteiger partial charge is 0.144 e. The minimum Gasteiger partial charge on any atom is -0.375 e. The van der Waals surface area contributed by atoms with Crippen LogP contribution in [0.25, 0.3) is 0 Å². The number of piperazine rings is 1. The van der Waals surface area contributed by atoms with Gasteiger partial charge in [0.15, 0.2) is 0 Å². The first-order valence-electron chi connectivity index (χ1n) is 12.9. The first-order chi connectivity index (χ1) is 16.9. The lowest BCUT2D eigenvalue weighted by molar-refractivity contribution is -0.126. The topological polar surface area (TPSA) is 41.1 Å². The Hall–Kier alpha value is -1.26. The standard InChI is InChI=1S/C28H41IN4O2/c1-5-25(34-4)33(26-24(29)12-9-14-30-26)22-28(13-19-35-27(2,3)21-28)32-17-15-31(16-18-32)20-23-10-7-6-8-11-23/h6-12,14,25H,5,13,15-22H2,1-4H3. The Morgan fingerprint density at radius 2 is 1.86 bits per heavy atom. The fourth-order valence-corrected chi connectivity index (χ4v) is 6.57. The third kappa shape index (κ3) is 6.55. The number of benzene rings is 1. The van der Waals surface area contributed by atoms with Crippen molar-refractivity contribution in [2.45, 2.75) is 63.9 Å². The van der Waals surface area contributed by atoms with Gasteiger partial charge in [0.2, 0.25) is 0 Å². The fourth-order valence-electron chi connectivity index (χ4n) is 5.91. The number of anilines is 1. The summed E-state index contributed by atoms with van der Waals surface area (Å²) in [6.07, 6.45) is 4.81. The average Bonchev–Trinajstić information content (AvgIpc) is 2.85. The van der Waals surface area contributed by atoms with Gasteiger partial charge in [0.05, 0.1) is 9.17 Å². The summed E-state index contributed by atoms with van der Waals surface area (Å²) < 4.78 is 13.4. The van der Waals surface area contributed by atoms with E-state index in [4.69, 9.17) is 14.5 Å². The van der Waals surface area contributed by atoms with Crippen LogP contribution in [-0.2, 0) is 16.0 Å². The molecule has 4 rings (SSSR count). The van der Waals surface area contributed by atoms with E-state index in [9.17, 15) is 0 Å². The quantitative estimate of drug-likeness (QED) is 0.301. The van der Waals surface area contributed by atoms with E-state index in [0.29, 0.717) is 0 Å². The molecule has 0 saturated carbocycles. The molecule has 2 aliphatic heterocycles. The van der Waals surface area contributed by atoms with Crippen molar-refractivity contribution in [3.05, 3.63) is 57.8 Å². The van der Waals surface area contributed by atoms with Gasteiger partial charge in [-0.15, -0.1) is 0 Å². The van der Waals surface area contributed by atoms with Crippen molar-refractivity contribution in [1.82, 2.24) is 14.8 Å². The minimum absolute atomic E-state index is 0.00708. The van der Waals surface area contributed by atoms with Gasteiger partial charge >= 0.3 is 0 Å². The van der Waals surface area contributed by atoms with Crippen LogP contribution in [0.1, 0.15) is 45.6 Å². The van der Waals surface area contributed by atoms with Crippen LogP contribution in [0.2, 0.25) is 0 Å². The lowest BCUT2D eigenvalue weighted by atomic mass is 9.78. The van der Waals surface area contributed by atoms with E-state index >= 15 is 0 Å². The van der Waals surface area contributed by atoms with Crippen molar-refractivity contribution in [2.24, 2.45) is 0 Å². The van der Waals surface area contributed by atoms with Crippen molar-refractivity contribution in [3.8, 4) is 0 Å². The minimum atomic E-state index is -0.156. The fraction of sp³-hybridized carbons (Fsp3) is 0.607. The van der Waals surface area contributed by atoms with Gasteiger partial charge in [-0.1, -0.05) is 37.3 Å². The highest BCUT2D eigenvalue weighted by atomic mass is 127. The number of hydrogen-bond donors (Lipinski definition) is 0. The summed E-state index contributed by atoms with van der Waals surface area (Å²) in [5, 5.41) is 0. The Balaban J connectivity index is 1.58. The number of methoxy groups -OCH3 is 1. The molecular weight excluding hydrogens is 551 g/mol. The number of pyridine rings is 1. The summed E-state index contributed by atoms with van der Waals surface area (Å²) in [4.78, 5) is 12.6. The van der Waals surface area contributed by atoms with Gasteiger partial charge in [-0.05, 0) is 73.4 Å². The van der Waals surface area contributed by atoms with Crippen molar-refractivity contribution >= 4 is 28.4 Å². The van der Waals surface area contributed by atoms with E-state index in [1.54, 1.807) is 0 Å².